The summed E-state index contributed by atoms with van der Waals surface area (Å²) in [6.45, 7) is 1.90. The SMILES string of the molecule is O=c1c2cnc(Nc3ccc4c(c3)CNCC4)nc2n(-c2ccnc(C3CCC3)c2)n1C1CC1. The molecule has 4 heterocycles. The quantitative estimate of drug-likeness (QED) is 0.475. The highest BCUT2D eigenvalue weighted by Crippen LogP contribution is 2.38. The molecule has 2 fully saturated rings. The van der Waals surface area contributed by atoms with E-state index in [-0.39, 0.29) is 11.6 Å². The van der Waals surface area contributed by atoms with E-state index in [4.69, 9.17) is 4.98 Å². The van der Waals surface area contributed by atoms with Gasteiger partial charge in [0.2, 0.25) is 5.95 Å². The molecule has 2 saturated carbocycles. The van der Waals surface area contributed by atoms with Crippen molar-refractivity contribution in [1.82, 2.24) is 29.6 Å². The first-order valence-electron chi connectivity index (χ1n) is 12.3. The average Bonchev–Trinajstić information content (AvgIpc) is 3.62. The first-order chi connectivity index (χ1) is 16.7. The normalized spacial score (nSPS) is 18.0. The van der Waals surface area contributed by atoms with Gasteiger partial charge in [0.1, 0.15) is 5.39 Å². The molecule has 3 aliphatic rings. The van der Waals surface area contributed by atoms with Crippen molar-refractivity contribution in [2.75, 3.05) is 11.9 Å². The van der Waals surface area contributed by atoms with E-state index in [2.05, 4.69) is 44.9 Å². The van der Waals surface area contributed by atoms with Gasteiger partial charge in [0.25, 0.3) is 5.56 Å². The van der Waals surface area contributed by atoms with Gasteiger partial charge in [-0.25, -0.2) is 14.3 Å². The lowest BCUT2D eigenvalue weighted by Crippen LogP contribution is -2.23. The maximum absolute atomic E-state index is 13.3. The average molecular weight is 454 g/mol. The molecular formula is C26H27N7O. The first-order valence-corrected chi connectivity index (χ1v) is 12.3. The van der Waals surface area contributed by atoms with Crippen LogP contribution >= 0.6 is 0 Å². The lowest BCUT2D eigenvalue weighted by Gasteiger charge is -2.25. The van der Waals surface area contributed by atoms with Crippen LogP contribution in [0.3, 0.4) is 0 Å². The van der Waals surface area contributed by atoms with Gasteiger partial charge >= 0.3 is 0 Å². The summed E-state index contributed by atoms with van der Waals surface area (Å²) in [5.41, 5.74) is 6.31. The predicted octanol–water partition coefficient (Wildman–Crippen LogP) is 3.97. The number of anilines is 2. The fraction of sp³-hybridized carbons (Fsp3) is 0.385. The van der Waals surface area contributed by atoms with Crippen LogP contribution in [0.4, 0.5) is 11.6 Å². The van der Waals surface area contributed by atoms with Crippen molar-refractivity contribution in [2.45, 2.75) is 57.0 Å². The molecule has 7 rings (SSSR count). The van der Waals surface area contributed by atoms with Gasteiger partial charge in [-0.3, -0.25) is 9.78 Å². The Bertz CT molecular complexity index is 1460. The van der Waals surface area contributed by atoms with E-state index in [1.165, 1.54) is 30.4 Å². The highest BCUT2D eigenvalue weighted by Gasteiger charge is 2.31. The summed E-state index contributed by atoms with van der Waals surface area (Å²) in [5, 5.41) is 7.33. The second-order valence-corrected chi connectivity index (χ2v) is 9.73. The molecule has 2 aliphatic carbocycles. The third-order valence-electron chi connectivity index (χ3n) is 7.40. The number of hydrogen-bond acceptors (Lipinski definition) is 6. The molecule has 3 aromatic heterocycles. The number of fused-ring (bicyclic) bond motifs is 2. The molecule has 2 N–H and O–H groups in total. The summed E-state index contributed by atoms with van der Waals surface area (Å²) in [6, 6.07) is 10.7. The van der Waals surface area contributed by atoms with Crippen molar-refractivity contribution in [1.29, 1.82) is 0 Å². The van der Waals surface area contributed by atoms with Crippen LogP contribution in [0.2, 0.25) is 0 Å². The van der Waals surface area contributed by atoms with Crippen LogP contribution in [0, 0.1) is 0 Å². The molecule has 0 amide bonds. The third-order valence-corrected chi connectivity index (χ3v) is 7.40. The minimum absolute atomic E-state index is 0.0223. The van der Waals surface area contributed by atoms with Gasteiger partial charge in [-0.15, -0.1) is 0 Å². The van der Waals surface area contributed by atoms with Gasteiger partial charge in [-0.05, 0) is 74.0 Å². The maximum atomic E-state index is 13.3. The number of nitrogens with one attached hydrogen (secondary N) is 2. The molecule has 0 atom stereocenters. The molecule has 34 heavy (non-hydrogen) atoms. The minimum atomic E-state index is -0.0223. The molecule has 0 radical (unpaired) electrons. The van der Waals surface area contributed by atoms with E-state index < -0.39 is 0 Å². The fourth-order valence-electron chi connectivity index (χ4n) is 5.14. The lowest BCUT2D eigenvalue weighted by atomic mass is 9.82. The molecule has 172 valence electrons. The standard InChI is InChI=1S/C26H27N7O/c34-25-22-15-29-26(30-19-5-4-16-8-10-27-14-18(16)12-19)31-24(22)32(33(25)20-6-7-20)21-9-11-28-23(13-21)17-2-1-3-17/h4-5,9,11-13,15,17,20,27H,1-3,6-8,10,14H2,(H,29,30,31). The topological polar surface area (TPSA) is 89.7 Å². The summed E-state index contributed by atoms with van der Waals surface area (Å²) in [6.07, 6.45) is 10.2. The van der Waals surface area contributed by atoms with Crippen LogP contribution in [0.15, 0.2) is 47.5 Å². The molecule has 0 saturated heterocycles. The zero-order valence-electron chi connectivity index (χ0n) is 19.0. The van der Waals surface area contributed by atoms with Crippen LogP contribution in [-0.4, -0.2) is 30.9 Å². The zero-order chi connectivity index (χ0) is 22.6. The smallest absolute Gasteiger partial charge is 0.278 e. The Morgan fingerprint density at radius 2 is 1.94 bits per heavy atom. The monoisotopic (exact) mass is 453 g/mol. The van der Waals surface area contributed by atoms with Crippen molar-refractivity contribution >= 4 is 22.7 Å². The summed E-state index contributed by atoms with van der Waals surface area (Å²) < 4.78 is 3.86. The lowest BCUT2D eigenvalue weighted by molar-refractivity contribution is 0.410. The maximum Gasteiger partial charge on any atom is 0.278 e. The van der Waals surface area contributed by atoms with Gasteiger partial charge in [0.05, 0.1) is 11.7 Å². The number of rotatable bonds is 5. The number of pyridine rings is 1. The van der Waals surface area contributed by atoms with Crippen LogP contribution in [0.25, 0.3) is 16.7 Å². The summed E-state index contributed by atoms with van der Waals surface area (Å²) >= 11 is 0. The van der Waals surface area contributed by atoms with Crippen molar-refractivity contribution < 1.29 is 0 Å². The Morgan fingerprint density at radius 1 is 1.03 bits per heavy atom. The van der Waals surface area contributed by atoms with Crippen LogP contribution in [0.1, 0.15) is 60.9 Å². The van der Waals surface area contributed by atoms with Crippen LogP contribution in [-0.2, 0) is 13.0 Å². The van der Waals surface area contributed by atoms with E-state index in [1.807, 2.05) is 21.6 Å². The molecule has 0 unspecified atom stereocenters. The highest BCUT2D eigenvalue weighted by molar-refractivity contribution is 5.77. The van der Waals surface area contributed by atoms with Gasteiger partial charge in [-0.2, -0.15) is 4.98 Å². The summed E-state index contributed by atoms with van der Waals surface area (Å²) in [7, 11) is 0. The van der Waals surface area contributed by atoms with Gasteiger partial charge in [0, 0.05) is 36.2 Å². The first kappa shape index (κ1) is 19.9. The summed E-state index contributed by atoms with van der Waals surface area (Å²) in [4.78, 5) is 27.3. The van der Waals surface area contributed by atoms with Gasteiger partial charge < -0.3 is 10.6 Å². The Hall–Kier alpha value is -3.52. The molecule has 8 heteroatoms. The summed E-state index contributed by atoms with van der Waals surface area (Å²) in [5.74, 6) is 1.01. The van der Waals surface area contributed by atoms with E-state index in [1.54, 1.807) is 6.20 Å². The molecule has 8 nitrogen and oxygen atoms in total. The molecule has 0 spiro atoms. The Balaban J connectivity index is 1.32. The van der Waals surface area contributed by atoms with Crippen LogP contribution in [0.5, 0.6) is 0 Å². The van der Waals surface area contributed by atoms with Crippen molar-refractivity contribution in [3.05, 3.63) is 69.9 Å². The van der Waals surface area contributed by atoms with E-state index in [0.717, 1.165) is 49.4 Å². The van der Waals surface area contributed by atoms with Crippen LogP contribution < -0.4 is 16.2 Å². The molecule has 1 aliphatic heterocycles. The van der Waals surface area contributed by atoms with Gasteiger partial charge in [0.15, 0.2) is 5.65 Å². The second kappa shape index (κ2) is 7.77. The Labute approximate surface area is 197 Å². The second-order valence-electron chi connectivity index (χ2n) is 9.73. The van der Waals surface area contributed by atoms with Gasteiger partial charge in [-0.1, -0.05) is 12.5 Å². The number of aromatic nitrogens is 5. The third kappa shape index (κ3) is 3.32. The Kier molecular flexibility index (Phi) is 4.55. The molecule has 0 bridgehead atoms. The highest BCUT2D eigenvalue weighted by atomic mass is 16.1. The molecule has 1 aromatic carbocycles. The zero-order valence-corrected chi connectivity index (χ0v) is 19.0. The Morgan fingerprint density at radius 3 is 2.76 bits per heavy atom. The molecular weight excluding hydrogens is 426 g/mol. The number of benzene rings is 1. The van der Waals surface area contributed by atoms with Crippen molar-refractivity contribution in [2.24, 2.45) is 0 Å². The largest absolute Gasteiger partial charge is 0.324 e. The fourth-order valence-corrected chi connectivity index (χ4v) is 5.14. The van der Waals surface area contributed by atoms with E-state index in [0.29, 0.717) is 22.9 Å². The molecule has 4 aromatic rings. The predicted molar refractivity (Wildman–Crippen MR) is 131 cm³/mol. The van der Waals surface area contributed by atoms with Crippen molar-refractivity contribution in [3.63, 3.8) is 0 Å². The minimum Gasteiger partial charge on any atom is -0.324 e. The number of hydrogen-bond donors (Lipinski definition) is 2. The van der Waals surface area contributed by atoms with E-state index in [9.17, 15) is 4.79 Å². The van der Waals surface area contributed by atoms with E-state index >= 15 is 0 Å². The number of nitrogens with zero attached hydrogens (tertiary/aromatic N) is 5. The van der Waals surface area contributed by atoms with Crippen molar-refractivity contribution in [3.8, 4) is 5.69 Å².